The second-order valence-electron chi connectivity index (χ2n) is 5.15. The molecule has 5 nitrogen and oxygen atoms in total. The molecule has 0 aromatic heterocycles. The first-order valence-electron chi connectivity index (χ1n) is 6.48. The number of rotatable bonds is 2. The molecular weight excluding hydrogens is 244 g/mol. The van der Waals surface area contributed by atoms with E-state index in [2.05, 4.69) is 5.32 Å². The molecule has 2 aliphatic rings. The fourth-order valence-corrected chi connectivity index (χ4v) is 2.82. The van der Waals surface area contributed by atoms with E-state index in [9.17, 15) is 14.7 Å². The number of carbonyl (C=O) groups excluding carboxylic acids is 2. The number of amides is 2. The van der Waals surface area contributed by atoms with Crippen molar-refractivity contribution in [3.05, 3.63) is 35.9 Å². The molecule has 0 spiro atoms. The minimum Gasteiger partial charge on any atom is -0.391 e. The highest BCUT2D eigenvalue weighted by molar-refractivity contribution is 5.97. The summed E-state index contributed by atoms with van der Waals surface area (Å²) in [5.74, 6) is -0.248. The third-order valence-corrected chi connectivity index (χ3v) is 3.76. The Hall–Kier alpha value is -1.88. The largest absolute Gasteiger partial charge is 0.391 e. The van der Waals surface area contributed by atoms with Crippen LogP contribution in [0.5, 0.6) is 0 Å². The van der Waals surface area contributed by atoms with Gasteiger partial charge in [-0.25, -0.2) is 0 Å². The number of carbonyl (C=O) groups is 2. The molecule has 2 amide bonds. The van der Waals surface area contributed by atoms with Gasteiger partial charge in [0.15, 0.2) is 0 Å². The smallest absolute Gasteiger partial charge is 0.246 e. The molecule has 1 aromatic rings. The van der Waals surface area contributed by atoms with Crippen molar-refractivity contribution < 1.29 is 14.7 Å². The highest BCUT2D eigenvalue weighted by Gasteiger charge is 2.45. The number of fused-ring (bicyclic) bond motifs is 1. The molecule has 5 heteroatoms. The Morgan fingerprint density at radius 1 is 1.26 bits per heavy atom. The summed E-state index contributed by atoms with van der Waals surface area (Å²) in [6.45, 7) is 0.266. The number of benzene rings is 1. The van der Waals surface area contributed by atoms with Crippen LogP contribution in [0.2, 0.25) is 0 Å². The standard InChI is InChI=1S/C14H16N2O3/c17-10-7-12-13(18)15-11(14(19)16(12)8-10)6-9-4-2-1-3-5-9/h1-5,10-12,17H,6-8H2,(H,15,18)/t10-,11-,12-/m1/s1. The number of nitrogens with one attached hydrogen (secondary N) is 1. The Kier molecular flexibility index (Phi) is 2.98. The van der Waals surface area contributed by atoms with E-state index < -0.39 is 18.2 Å². The molecule has 0 saturated carbocycles. The molecule has 2 saturated heterocycles. The van der Waals surface area contributed by atoms with Crippen LogP contribution in [0, 0.1) is 0 Å². The van der Waals surface area contributed by atoms with E-state index in [0.717, 1.165) is 5.56 Å². The van der Waals surface area contributed by atoms with Crippen LogP contribution < -0.4 is 5.32 Å². The lowest BCUT2D eigenvalue weighted by Gasteiger charge is -2.34. The lowest BCUT2D eigenvalue weighted by Crippen LogP contribution is -2.61. The predicted molar refractivity (Wildman–Crippen MR) is 68.2 cm³/mol. The lowest BCUT2D eigenvalue weighted by molar-refractivity contribution is -0.147. The third-order valence-electron chi connectivity index (χ3n) is 3.76. The van der Waals surface area contributed by atoms with Gasteiger partial charge in [-0.2, -0.15) is 0 Å². The van der Waals surface area contributed by atoms with Crippen LogP contribution in [0.15, 0.2) is 30.3 Å². The number of hydrogen-bond donors (Lipinski definition) is 2. The number of piperazine rings is 1. The summed E-state index contributed by atoms with van der Waals surface area (Å²) in [7, 11) is 0. The maximum Gasteiger partial charge on any atom is 0.246 e. The molecule has 2 N–H and O–H groups in total. The fourth-order valence-electron chi connectivity index (χ4n) is 2.82. The van der Waals surface area contributed by atoms with E-state index in [4.69, 9.17) is 0 Å². The van der Waals surface area contributed by atoms with Crippen LogP contribution in [-0.4, -0.2) is 46.6 Å². The number of nitrogens with zero attached hydrogens (tertiary/aromatic N) is 1. The zero-order chi connectivity index (χ0) is 13.4. The first kappa shape index (κ1) is 12.2. The first-order valence-corrected chi connectivity index (χ1v) is 6.48. The van der Waals surface area contributed by atoms with Gasteiger partial charge in [-0.05, 0) is 5.56 Å². The molecule has 3 rings (SSSR count). The molecule has 2 heterocycles. The van der Waals surface area contributed by atoms with Crippen LogP contribution in [0.25, 0.3) is 0 Å². The number of aliphatic hydroxyl groups is 1. The topological polar surface area (TPSA) is 69.6 Å². The van der Waals surface area contributed by atoms with Crippen molar-refractivity contribution in [2.75, 3.05) is 6.54 Å². The maximum atomic E-state index is 12.3. The average molecular weight is 260 g/mol. The Morgan fingerprint density at radius 2 is 2.00 bits per heavy atom. The molecule has 0 unspecified atom stereocenters. The van der Waals surface area contributed by atoms with Gasteiger partial charge in [0.2, 0.25) is 11.8 Å². The Balaban J connectivity index is 1.77. The highest BCUT2D eigenvalue weighted by atomic mass is 16.3. The van der Waals surface area contributed by atoms with Crippen molar-refractivity contribution in [2.45, 2.75) is 31.0 Å². The van der Waals surface area contributed by atoms with E-state index in [1.54, 1.807) is 0 Å². The van der Waals surface area contributed by atoms with Crippen molar-refractivity contribution in [3.8, 4) is 0 Å². The van der Waals surface area contributed by atoms with Crippen LogP contribution >= 0.6 is 0 Å². The Bertz CT molecular complexity index is 503. The molecule has 100 valence electrons. The molecule has 2 aliphatic heterocycles. The highest BCUT2D eigenvalue weighted by Crippen LogP contribution is 2.23. The SMILES string of the molecule is O=C1N[C@H](Cc2ccccc2)C(=O)N2C[C@H](O)C[C@H]12. The second-order valence-corrected chi connectivity index (χ2v) is 5.15. The van der Waals surface area contributed by atoms with Crippen molar-refractivity contribution in [1.82, 2.24) is 10.2 Å². The molecule has 19 heavy (non-hydrogen) atoms. The van der Waals surface area contributed by atoms with Gasteiger partial charge in [0.1, 0.15) is 12.1 Å². The number of aliphatic hydroxyl groups excluding tert-OH is 1. The zero-order valence-corrected chi connectivity index (χ0v) is 10.5. The summed E-state index contributed by atoms with van der Waals surface area (Å²) in [5.41, 5.74) is 1.01. The van der Waals surface area contributed by atoms with E-state index in [0.29, 0.717) is 12.8 Å². The van der Waals surface area contributed by atoms with Gasteiger partial charge < -0.3 is 15.3 Å². The molecule has 0 bridgehead atoms. The zero-order valence-electron chi connectivity index (χ0n) is 10.5. The summed E-state index contributed by atoms with van der Waals surface area (Å²) in [5, 5.41) is 12.4. The van der Waals surface area contributed by atoms with Crippen LogP contribution in [0.4, 0.5) is 0 Å². The fraction of sp³-hybridized carbons (Fsp3) is 0.429. The maximum absolute atomic E-state index is 12.3. The van der Waals surface area contributed by atoms with Gasteiger partial charge in [-0.1, -0.05) is 30.3 Å². The van der Waals surface area contributed by atoms with Gasteiger partial charge in [-0.3, -0.25) is 9.59 Å². The monoisotopic (exact) mass is 260 g/mol. The van der Waals surface area contributed by atoms with E-state index in [1.807, 2.05) is 30.3 Å². The molecule has 0 aliphatic carbocycles. The van der Waals surface area contributed by atoms with Gasteiger partial charge in [0.25, 0.3) is 0 Å². The normalized spacial score (nSPS) is 30.2. The molecule has 1 aromatic carbocycles. The minimum absolute atomic E-state index is 0.0926. The molecular formula is C14H16N2O3. The van der Waals surface area contributed by atoms with Crippen molar-refractivity contribution >= 4 is 11.8 Å². The summed E-state index contributed by atoms with van der Waals surface area (Å²) in [6, 6.07) is 8.59. The molecule has 0 radical (unpaired) electrons. The van der Waals surface area contributed by atoms with Crippen LogP contribution in [0.1, 0.15) is 12.0 Å². The average Bonchev–Trinajstić information content (AvgIpc) is 2.80. The predicted octanol–water partition coefficient (Wildman–Crippen LogP) is -0.311. The quantitative estimate of drug-likeness (QED) is 0.766. The Morgan fingerprint density at radius 3 is 2.74 bits per heavy atom. The lowest BCUT2D eigenvalue weighted by atomic mass is 10.0. The third kappa shape index (κ3) is 2.21. The molecule has 3 atom stereocenters. The summed E-state index contributed by atoms with van der Waals surface area (Å²) >= 11 is 0. The summed E-state index contributed by atoms with van der Waals surface area (Å²) in [4.78, 5) is 25.8. The van der Waals surface area contributed by atoms with E-state index in [1.165, 1.54) is 4.90 Å². The van der Waals surface area contributed by atoms with Gasteiger partial charge in [0, 0.05) is 19.4 Å². The number of hydrogen-bond acceptors (Lipinski definition) is 3. The van der Waals surface area contributed by atoms with Crippen molar-refractivity contribution in [1.29, 1.82) is 0 Å². The Labute approximate surface area is 111 Å². The van der Waals surface area contributed by atoms with Gasteiger partial charge in [-0.15, -0.1) is 0 Å². The van der Waals surface area contributed by atoms with Gasteiger partial charge in [0.05, 0.1) is 6.10 Å². The van der Waals surface area contributed by atoms with Crippen molar-refractivity contribution in [3.63, 3.8) is 0 Å². The minimum atomic E-state index is -0.588. The van der Waals surface area contributed by atoms with E-state index in [-0.39, 0.29) is 18.4 Å². The summed E-state index contributed by atoms with van der Waals surface area (Å²) < 4.78 is 0. The summed E-state index contributed by atoms with van der Waals surface area (Å²) in [6.07, 6.45) is 0.246. The van der Waals surface area contributed by atoms with Crippen LogP contribution in [0.3, 0.4) is 0 Å². The molecule has 2 fully saturated rings. The van der Waals surface area contributed by atoms with Gasteiger partial charge >= 0.3 is 0 Å². The van der Waals surface area contributed by atoms with Crippen LogP contribution in [-0.2, 0) is 16.0 Å². The van der Waals surface area contributed by atoms with Crippen molar-refractivity contribution in [2.24, 2.45) is 0 Å². The first-order chi connectivity index (χ1) is 9.15. The second kappa shape index (κ2) is 4.66. The van der Waals surface area contributed by atoms with E-state index >= 15 is 0 Å².